The highest BCUT2D eigenvalue weighted by Gasteiger charge is 2.74. The second-order valence-corrected chi connectivity index (χ2v) is 3.58. The van der Waals surface area contributed by atoms with E-state index in [1.54, 1.807) is 0 Å². The van der Waals surface area contributed by atoms with Crippen LogP contribution in [-0.2, 0) is 5.67 Å². The summed E-state index contributed by atoms with van der Waals surface area (Å²) in [5, 5.41) is 0. The summed E-state index contributed by atoms with van der Waals surface area (Å²) in [6.45, 7) is 1.15. The van der Waals surface area contributed by atoms with Crippen molar-refractivity contribution in [2.75, 3.05) is 5.73 Å². The van der Waals surface area contributed by atoms with Crippen molar-refractivity contribution in [1.82, 2.24) is 4.98 Å². The Bertz CT molecular complexity index is 435. The summed E-state index contributed by atoms with van der Waals surface area (Å²) in [5.74, 6) is 0. The fourth-order valence-electron chi connectivity index (χ4n) is 1.21. The second kappa shape index (κ2) is 3.99. The van der Waals surface area contributed by atoms with E-state index in [-0.39, 0.29) is 11.3 Å². The number of nitrogens with two attached hydrogens (primary N) is 1. The van der Waals surface area contributed by atoms with E-state index in [9.17, 15) is 30.7 Å². The molecule has 1 rings (SSSR count). The van der Waals surface area contributed by atoms with Crippen molar-refractivity contribution < 1.29 is 30.7 Å². The number of alkyl halides is 7. The third-order valence-corrected chi connectivity index (χ3v) is 2.29. The summed E-state index contributed by atoms with van der Waals surface area (Å²) >= 11 is 0. The van der Waals surface area contributed by atoms with Crippen LogP contribution < -0.4 is 5.73 Å². The molecule has 9 heteroatoms. The Balaban J connectivity index is 3.51. The lowest BCUT2D eigenvalue weighted by molar-refractivity contribution is -0.350. The van der Waals surface area contributed by atoms with Gasteiger partial charge in [0, 0.05) is 0 Å². The van der Waals surface area contributed by atoms with Gasteiger partial charge in [-0.15, -0.1) is 0 Å². The van der Waals surface area contributed by atoms with Crippen LogP contribution in [0.3, 0.4) is 0 Å². The normalized spacial score (nSPS) is 13.8. The lowest BCUT2D eigenvalue weighted by atomic mass is 9.98. The van der Waals surface area contributed by atoms with E-state index in [4.69, 9.17) is 5.73 Å². The minimum absolute atomic E-state index is 0.129. The zero-order chi connectivity index (χ0) is 14.4. The molecule has 0 fully saturated rings. The Morgan fingerprint density at radius 1 is 1.00 bits per heavy atom. The lowest BCUT2D eigenvalue weighted by Gasteiger charge is -2.29. The molecule has 0 aliphatic heterocycles. The van der Waals surface area contributed by atoms with Gasteiger partial charge >= 0.3 is 18.0 Å². The topological polar surface area (TPSA) is 38.9 Å². The Hall–Kier alpha value is -1.54. The third kappa shape index (κ3) is 2.08. The van der Waals surface area contributed by atoms with Crippen LogP contribution in [-0.4, -0.2) is 17.3 Å². The van der Waals surface area contributed by atoms with E-state index in [2.05, 4.69) is 4.98 Å². The number of hydrogen-bond donors (Lipinski definition) is 1. The highest BCUT2D eigenvalue weighted by Crippen LogP contribution is 2.52. The number of nitrogen functional groups attached to an aromatic ring is 1. The predicted octanol–water partition coefficient (Wildman–Crippen LogP) is 3.26. The largest absolute Gasteiger partial charge is 0.437 e. The number of nitrogens with zero attached hydrogens (tertiary/aromatic N) is 1. The average molecular weight is 276 g/mol. The molecule has 0 unspecified atom stereocenters. The van der Waals surface area contributed by atoms with Crippen molar-refractivity contribution in [1.29, 1.82) is 0 Å². The molecule has 0 atom stereocenters. The summed E-state index contributed by atoms with van der Waals surface area (Å²) in [7, 11) is 0. The fourth-order valence-corrected chi connectivity index (χ4v) is 1.21. The standard InChI is InChI=1S/C9H7F7N2/c1-4-2-6(18-3-5(4)17)7(10,8(11,12)13)9(14,15)16/h2-3H,17H2,1H3. The van der Waals surface area contributed by atoms with Crippen LogP contribution in [0.2, 0.25) is 0 Å². The van der Waals surface area contributed by atoms with Gasteiger partial charge in [-0.05, 0) is 18.6 Å². The maximum absolute atomic E-state index is 13.5. The number of aryl methyl sites for hydroxylation is 1. The van der Waals surface area contributed by atoms with Gasteiger partial charge in [0.25, 0.3) is 0 Å². The molecule has 2 nitrogen and oxygen atoms in total. The van der Waals surface area contributed by atoms with E-state index in [1.807, 2.05) is 0 Å². The summed E-state index contributed by atoms with van der Waals surface area (Å²) in [4.78, 5) is 2.80. The van der Waals surface area contributed by atoms with Gasteiger partial charge in [-0.3, -0.25) is 4.98 Å². The number of rotatable bonds is 1. The lowest BCUT2D eigenvalue weighted by Crippen LogP contribution is -2.51. The molecule has 1 aromatic heterocycles. The number of hydrogen-bond acceptors (Lipinski definition) is 2. The number of pyridine rings is 1. The highest BCUT2D eigenvalue weighted by atomic mass is 19.4. The van der Waals surface area contributed by atoms with Gasteiger partial charge < -0.3 is 5.73 Å². The van der Waals surface area contributed by atoms with Crippen LogP contribution >= 0.6 is 0 Å². The third-order valence-electron chi connectivity index (χ3n) is 2.29. The molecular formula is C9H7F7N2. The van der Waals surface area contributed by atoms with Crippen LogP contribution in [0.25, 0.3) is 0 Å². The van der Waals surface area contributed by atoms with Gasteiger partial charge in [-0.1, -0.05) is 0 Å². The average Bonchev–Trinajstić information content (AvgIpc) is 2.17. The maximum atomic E-state index is 13.5. The molecule has 0 amide bonds. The first kappa shape index (κ1) is 14.5. The molecule has 18 heavy (non-hydrogen) atoms. The fraction of sp³-hybridized carbons (Fsp3) is 0.444. The molecule has 0 saturated carbocycles. The minimum atomic E-state index is -6.17. The molecule has 0 aliphatic rings. The predicted molar refractivity (Wildman–Crippen MR) is 48.3 cm³/mol. The molecule has 0 aromatic carbocycles. The molecule has 102 valence electrons. The molecule has 0 radical (unpaired) electrons. The van der Waals surface area contributed by atoms with Crippen molar-refractivity contribution >= 4 is 5.69 Å². The van der Waals surface area contributed by atoms with Crippen molar-refractivity contribution in [3.05, 3.63) is 23.5 Å². The SMILES string of the molecule is Cc1cc(C(F)(C(F)(F)F)C(F)(F)F)ncc1N. The van der Waals surface area contributed by atoms with Gasteiger partial charge in [0.15, 0.2) is 0 Å². The van der Waals surface area contributed by atoms with Crippen molar-refractivity contribution in [2.24, 2.45) is 0 Å². The minimum Gasteiger partial charge on any atom is -0.397 e. The molecule has 0 saturated heterocycles. The molecular weight excluding hydrogens is 269 g/mol. The summed E-state index contributed by atoms with van der Waals surface area (Å²) in [5.41, 5.74) is -2.36. The molecule has 0 aliphatic carbocycles. The Morgan fingerprint density at radius 3 is 1.78 bits per heavy atom. The van der Waals surface area contributed by atoms with E-state index >= 15 is 0 Å². The van der Waals surface area contributed by atoms with E-state index in [0.29, 0.717) is 12.3 Å². The monoisotopic (exact) mass is 276 g/mol. The molecule has 0 spiro atoms. The van der Waals surface area contributed by atoms with Crippen molar-refractivity contribution in [3.63, 3.8) is 0 Å². The number of aromatic nitrogens is 1. The van der Waals surface area contributed by atoms with Gasteiger partial charge in [0.1, 0.15) is 0 Å². The van der Waals surface area contributed by atoms with Crippen LogP contribution in [0.5, 0.6) is 0 Å². The zero-order valence-electron chi connectivity index (χ0n) is 8.83. The molecule has 2 N–H and O–H groups in total. The van der Waals surface area contributed by atoms with Crippen LogP contribution in [0.15, 0.2) is 12.3 Å². The Morgan fingerprint density at radius 2 is 1.44 bits per heavy atom. The van der Waals surface area contributed by atoms with E-state index < -0.39 is 23.7 Å². The number of halogens is 7. The first-order valence-corrected chi connectivity index (χ1v) is 4.46. The second-order valence-electron chi connectivity index (χ2n) is 3.58. The van der Waals surface area contributed by atoms with E-state index in [1.165, 1.54) is 0 Å². The quantitative estimate of drug-likeness (QED) is 0.799. The highest BCUT2D eigenvalue weighted by molar-refractivity contribution is 5.45. The smallest absolute Gasteiger partial charge is 0.397 e. The zero-order valence-corrected chi connectivity index (χ0v) is 8.83. The molecule has 1 heterocycles. The summed E-state index contributed by atoms with van der Waals surface area (Å²) < 4.78 is 87.6. The number of anilines is 1. The Kier molecular flexibility index (Phi) is 3.22. The van der Waals surface area contributed by atoms with E-state index in [0.717, 1.165) is 6.92 Å². The van der Waals surface area contributed by atoms with Gasteiger partial charge in [-0.25, -0.2) is 4.39 Å². The summed E-state index contributed by atoms with van der Waals surface area (Å²) in [6, 6.07) is 0.330. The maximum Gasteiger partial charge on any atom is 0.437 e. The Labute approximate surface area is 96.6 Å². The van der Waals surface area contributed by atoms with Gasteiger partial charge in [0.2, 0.25) is 0 Å². The van der Waals surface area contributed by atoms with Crippen molar-refractivity contribution in [3.8, 4) is 0 Å². The molecule has 0 bridgehead atoms. The first-order valence-electron chi connectivity index (χ1n) is 4.46. The first-order chi connectivity index (χ1) is 7.91. The van der Waals surface area contributed by atoms with Crippen LogP contribution in [0.1, 0.15) is 11.3 Å². The van der Waals surface area contributed by atoms with Gasteiger partial charge in [0.05, 0.1) is 17.6 Å². The van der Waals surface area contributed by atoms with Crippen LogP contribution in [0, 0.1) is 6.92 Å². The van der Waals surface area contributed by atoms with Crippen LogP contribution in [0.4, 0.5) is 36.4 Å². The van der Waals surface area contributed by atoms with Gasteiger partial charge in [-0.2, -0.15) is 26.3 Å². The molecule has 1 aromatic rings. The van der Waals surface area contributed by atoms with Crippen molar-refractivity contribution in [2.45, 2.75) is 24.9 Å². The summed E-state index contributed by atoms with van der Waals surface area (Å²) in [6.07, 6.45) is -11.8.